The number of rotatable bonds is 10. The summed E-state index contributed by atoms with van der Waals surface area (Å²) in [5, 5.41) is 8.59. The first kappa shape index (κ1) is 13.9. The second kappa shape index (κ2) is 11.0. The van der Waals surface area contributed by atoms with Crippen molar-refractivity contribution in [1.82, 2.24) is 0 Å². The van der Waals surface area contributed by atoms with Gasteiger partial charge in [0.25, 0.3) is 0 Å². The predicted octanol–water partition coefficient (Wildman–Crippen LogP) is 1.68. The van der Waals surface area contributed by atoms with Gasteiger partial charge in [0.15, 0.2) is 0 Å². The monoisotopic (exact) mass is 203 g/mol. The van der Waals surface area contributed by atoms with Crippen molar-refractivity contribution < 1.29 is 9.84 Å². The van der Waals surface area contributed by atoms with Crippen LogP contribution in [-0.4, -0.2) is 31.0 Å². The topological polar surface area (TPSA) is 55.5 Å². The molecule has 0 radical (unpaired) electrons. The lowest BCUT2D eigenvalue weighted by Gasteiger charge is -2.14. The van der Waals surface area contributed by atoms with Crippen LogP contribution in [0.3, 0.4) is 0 Å². The van der Waals surface area contributed by atoms with E-state index in [9.17, 15) is 0 Å². The molecule has 0 rings (SSSR count). The van der Waals surface area contributed by atoms with E-state index in [1.807, 2.05) is 0 Å². The van der Waals surface area contributed by atoms with Gasteiger partial charge in [-0.3, -0.25) is 0 Å². The number of aliphatic hydroxyl groups excluding tert-OH is 1. The van der Waals surface area contributed by atoms with Gasteiger partial charge in [-0.05, 0) is 6.42 Å². The molecule has 86 valence electrons. The van der Waals surface area contributed by atoms with Gasteiger partial charge in [-0.2, -0.15) is 0 Å². The van der Waals surface area contributed by atoms with E-state index in [2.05, 4.69) is 6.92 Å². The summed E-state index contributed by atoms with van der Waals surface area (Å²) < 4.78 is 5.37. The molecule has 0 aromatic heterocycles. The lowest BCUT2D eigenvalue weighted by atomic mass is 10.1. The van der Waals surface area contributed by atoms with E-state index >= 15 is 0 Å². The Balaban J connectivity index is 3.24. The smallest absolute Gasteiger partial charge is 0.0702 e. The summed E-state index contributed by atoms with van der Waals surface area (Å²) in [6, 6.07) is 0. The van der Waals surface area contributed by atoms with Gasteiger partial charge in [-0.15, -0.1) is 0 Å². The lowest BCUT2D eigenvalue weighted by Crippen LogP contribution is -2.25. The third kappa shape index (κ3) is 8.48. The molecule has 0 aromatic carbocycles. The van der Waals surface area contributed by atoms with Gasteiger partial charge in [0.05, 0.1) is 19.3 Å². The Hall–Kier alpha value is -0.120. The van der Waals surface area contributed by atoms with Crippen molar-refractivity contribution in [3.05, 3.63) is 0 Å². The van der Waals surface area contributed by atoms with Crippen LogP contribution in [-0.2, 0) is 4.74 Å². The van der Waals surface area contributed by atoms with Gasteiger partial charge < -0.3 is 15.6 Å². The Morgan fingerprint density at radius 1 is 1.21 bits per heavy atom. The number of unbranched alkanes of at least 4 members (excludes halogenated alkanes) is 4. The van der Waals surface area contributed by atoms with Crippen molar-refractivity contribution in [3.63, 3.8) is 0 Å². The molecule has 14 heavy (non-hydrogen) atoms. The van der Waals surface area contributed by atoms with Crippen molar-refractivity contribution in [1.29, 1.82) is 0 Å². The Labute approximate surface area is 87.6 Å². The lowest BCUT2D eigenvalue weighted by molar-refractivity contribution is 0.0278. The molecule has 0 aromatic rings. The minimum atomic E-state index is 0.0896. The highest BCUT2D eigenvalue weighted by molar-refractivity contribution is 4.59. The molecule has 0 saturated heterocycles. The number of aliphatic hydroxyl groups is 1. The fraction of sp³-hybridized carbons (Fsp3) is 1.00. The molecule has 1 unspecified atom stereocenters. The van der Waals surface area contributed by atoms with Gasteiger partial charge in [0.2, 0.25) is 0 Å². The highest BCUT2D eigenvalue weighted by Gasteiger charge is 2.05. The Morgan fingerprint density at radius 3 is 2.50 bits per heavy atom. The van der Waals surface area contributed by atoms with Crippen LogP contribution in [0, 0.1) is 0 Å². The number of nitrogens with two attached hydrogens (primary N) is 1. The minimum Gasteiger partial charge on any atom is -0.394 e. The van der Waals surface area contributed by atoms with Crippen molar-refractivity contribution >= 4 is 0 Å². The first-order valence-electron chi connectivity index (χ1n) is 5.77. The van der Waals surface area contributed by atoms with Gasteiger partial charge >= 0.3 is 0 Å². The second-order valence-corrected chi connectivity index (χ2v) is 3.65. The quantitative estimate of drug-likeness (QED) is 0.531. The van der Waals surface area contributed by atoms with Crippen LogP contribution >= 0.6 is 0 Å². The van der Waals surface area contributed by atoms with E-state index in [4.69, 9.17) is 15.6 Å². The van der Waals surface area contributed by atoms with Crippen LogP contribution in [0.1, 0.15) is 45.4 Å². The molecule has 0 fully saturated rings. The zero-order valence-corrected chi connectivity index (χ0v) is 9.37. The van der Waals surface area contributed by atoms with Crippen molar-refractivity contribution in [2.75, 3.05) is 19.8 Å². The van der Waals surface area contributed by atoms with Gasteiger partial charge in [-0.25, -0.2) is 0 Å². The summed E-state index contributed by atoms with van der Waals surface area (Å²) in [6.07, 6.45) is 7.55. The molecular weight excluding hydrogens is 178 g/mol. The fourth-order valence-corrected chi connectivity index (χ4v) is 1.46. The maximum Gasteiger partial charge on any atom is 0.0702 e. The van der Waals surface area contributed by atoms with Crippen molar-refractivity contribution in [2.45, 2.75) is 51.6 Å². The highest BCUT2D eigenvalue weighted by atomic mass is 16.5. The summed E-state index contributed by atoms with van der Waals surface area (Å²) in [7, 11) is 0. The van der Waals surface area contributed by atoms with Crippen LogP contribution in [0.15, 0.2) is 0 Å². The average Bonchev–Trinajstić information content (AvgIpc) is 2.22. The third-order valence-corrected chi connectivity index (χ3v) is 2.34. The number of ether oxygens (including phenoxy) is 1. The Morgan fingerprint density at radius 2 is 1.93 bits per heavy atom. The van der Waals surface area contributed by atoms with E-state index in [0.717, 1.165) is 6.42 Å². The summed E-state index contributed by atoms with van der Waals surface area (Å²) in [5.74, 6) is 0. The summed E-state index contributed by atoms with van der Waals surface area (Å²) in [4.78, 5) is 0. The third-order valence-electron chi connectivity index (χ3n) is 2.34. The predicted molar refractivity (Wildman–Crippen MR) is 59.3 cm³/mol. The van der Waals surface area contributed by atoms with Gasteiger partial charge in [-0.1, -0.05) is 39.0 Å². The van der Waals surface area contributed by atoms with E-state index in [0.29, 0.717) is 13.2 Å². The molecule has 1 atom stereocenters. The molecule has 0 aliphatic heterocycles. The molecule has 3 heteroatoms. The first-order chi connectivity index (χ1) is 6.85. The molecule has 0 bridgehead atoms. The summed E-state index contributed by atoms with van der Waals surface area (Å²) in [6.45, 7) is 3.28. The maximum atomic E-state index is 8.59. The van der Waals surface area contributed by atoms with Crippen molar-refractivity contribution in [2.24, 2.45) is 5.73 Å². The fourth-order valence-electron chi connectivity index (χ4n) is 1.46. The summed E-state index contributed by atoms with van der Waals surface area (Å²) in [5.41, 5.74) is 5.55. The SMILES string of the molecule is CCCCCCCC(CN)OCCO. The minimum absolute atomic E-state index is 0.0896. The van der Waals surface area contributed by atoms with E-state index in [1.54, 1.807) is 0 Å². The van der Waals surface area contributed by atoms with Crippen LogP contribution in [0.5, 0.6) is 0 Å². The molecular formula is C11H25NO2. The average molecular weight is 203 g/mol. The van der Waals surface area contributed by atoms with E-state index < -0.39 is 0 Å². The molecule has 0 heterocycles. The molecule has 0 amide bonds. The molecule has 0 aliphatic rings. The highest BCUT2D eigenvalue weighted by Crippen LogP contribution is 2.08. The Bertz CT molecular complexity index is 109. The first-order valence-corrected chi connectivity index (χ1v) is 5.77. The second-order valence-electron chi connectivity index (χ2n) is 3.65. The van der Waals surface area contributed by atoms with Gasteiger partial charge in [0, 0.05) is 6.54 Å². The van der Waals surface area contributed by atoms with Crippen LogP contribution < -0.4 is 5.73 Å². The number of hydrogen-bond acceptors (Lipinski definition) is 3. The molecule has 3 nitrogen and oxygen atoms in total. The van der Waals surface area contributed by atoms with Crippen LogP contribution in [0.2, 0.25) is 0 Å². The molecule has 0 spiro atoms. The van der Waals surface area contributed by atoms with Crippen molar-refractivity contribution in [3.8, 4) is 0 Å². The standard InChI is InChI=1S/C11H25NO2/c1-2-3-4-5-6-7-11(10-12)14-9-8-13/h11,13H,2-10,12H2,1H3. The molecule has 3 N–H and O–H groups in total. The molecule has 0 saturated carbocycles. The van der Waals surface area contributed by atoms with Gasteiger partial charge in [0.1, 0.15) is 0 Å². The molecule has 0 aliphatic carbocycles. The summed E-state index contributed by atoms with van der Waals surface area (Å²) >= 11 is 0. The Kier molecular flexibility index (Phi) is 10.9. The van der Waals surface area contributed by atoms with E-state index in [1.165, 1.54) is 32.1 Å². The van der Waals surface area contributed by atoms with E-state index in [-0.39, 0.29) is 12.7 Å². The maximum absolute atomic E-state index is 8.59. The zero-order valence-electron chi connectivity index (χ0n) is 9.37. The van der Waals surface area contributed by atoms with Crippen LogP contribution in [0.4, 0.5) is 0 Å². The normalized spacial score (nSPS) is 13.1. The largest absolute Gasteiger partial charge is 0.394 e. The number of hydrogen-bond donors (Lipinski definition) is 2. The zero-order chi connectivity index (χ0) is 10.6. The van der Waals surface area contributed by atoms with Crippen LogP contribution in [0.25, 0.3) is 0 Å².